The van der Waals surface area contributed by atoms with E-state index in [9.17, 15) is 9.18 Å². The van der Waals surface area contributed by atoms with E-state index in [0.717, 1.165) is 54.1 Å². The van der Waals surface area contributed by atoms with E-state index in [1.54, 1.807) is 4.90 Å². The quantitative estimate of drug-likeness (QED) is 0.239. The number of anilines is 2. The third-order valence-corrected chi connectivity index (χ3v) is 8.22. The number of ether oxygens (including phenoxy) is 1. The number of nitrogens with zero attached hydrogens (tertiary/aromatic N) is 3. The summed E-state index contributed by atoms with van der Waals surface area (Å²) in [6, 6.07) is 23.6. The number of hydrogen-bond donors (Lipinski definition) is 2. The average Bonchev–Trinajstić information content (AvgIpc) is 3.73. The molecule has 2 aliphatic rings. The number of nitrogens with one attached hydrogen (secondary N) is 1. The Hall–Kier alpha value is -4.33. The van der Waals surface area contributed by atoms with Crippen LogP contribution in [0.15, 0.2) is 79.0 Å². The fraction of sp³-hybridized carbons (Fsp3) is 0.353. The van der Waals surface area contributed by atoms with Crippen LogP contribution in [0.2, 0.25) is 0 Å². The number of amides is 1. The third kappa shape index (κ3) is 5.71. The summed E-state index contributed by atoms with van der Waals surface area (Å²) < 4.78 is 19.5. The molecule has 2 saturated heterocycles. The molecule has 42 heavy (non-hydrogen) atoms. The number of imidazole rings is 1. The Bertz CT molecular complexity index is 1530. The smallest absolute Gasteiger partial charge is 0.410 e. The largest absolute Gasteiger partial charge is 0.444 e. The molecule has 6 rings (SSSR count). The Morgan fingerprint density at radius 1 is 0.905 bits per heavy atom. The maximum Gasteiger partial charge on any atom is 0.410 e. The van der Waals surface area contributed by atoms with Crippen molar-refractivity contribution in [2.45, 2.75) is 70.2 Å². The van der Waals surface area contributed by atoms with Crippen LogP contribution < -0.4 is 10.6 Å². The van der Waals surface area contributed by atoms with Crippen molar-refractivity contribution < 1.29 is 13.9 Å². The highest BCUT2D eigenvalue weighted by molar-refractivity contribution is 5.69. The average molecular weight is 568 g/mol. The zero-order valence-electron chi connectivity index (χ0n) is 24.4. The number of halogens is 1. The van der Waals surface area contributed by atoms with Gasteiger partial charge in [-0.1, -0.05) is 36.4 Å². The number of H-pyrrole nitrogens is 1. The van der Waals surface area contributed by atoms with E-state index < -0.39 is 5.60 Å². The highest BCUT2D eigenvalue weighted by atomic mass is 19.1. The van der Waals surface area contributed by atoms with Gasteiger partial charge in [-0.05, 0) is 94.0 Å². The minimum Gasteiger partial charge on any atom is -0.444 e. The van der Waals surface area contributed by atoms with E-state index in [4.69, 9.17) is 15.5 Å². The van der Waals surface area contributed by atoms with Crippen LogP contribution in [0, 0.1) is 5.82 Å². The molecule has 3 aromatic carbocycles. The summed E-state index contributed by atoms with van der Waals surface area (Å²) in [5, 5.41) is 0. The number of nitrogen functional groups attached to an aromatic ring is 1. The van der Waals surface area contributed by atoms with Gasteiger partial charge in [-0.25, -0.2) is 14.2 Å². The lowest BCUT2D eigenvalue weighted by Crippen LogP contribution is -2.36. The lowest BCUT2D eigenvalue weighted by atomic mass is 10.0. The van der Waals surface area contributed by atoms with E-state index >= 15 is 0 Å². The van der Waals surface area contributed by atoms with E-state index in [2.05, 4.69) is 46.3 Å². The molecule has 1 aromatic heterocycles. The number of benzene rings is 3. The fourth-order valence-corrected chi connectivity index (χ4v) is 6.28. The fourth-order valence-electron chi connectivity index (χ4n) is 6.28. The van der Waals surface area contributed by atoms with Crippen molar-refractivity contribution in [1.82, 2.24) is 14.9 Å². The number of hydrogen-bond acceptors (Lipinski definition) is 5. The number of carbonyl (C=O) groups excluding carboxylic acids is 1. The first kappa shape index (κ1) is 27.8. The SMILES string of the molecule is CC(C)(C)OC(=O)N1CCCC1c1nc(-c2ccc(C3CCC(c4ccc(N)cc4)N3c3ccc(F)cc3)cc2)c[nH]1. The van der Waals surface area contributed by atoms with Crippen LogP contribution in [0.25, 0.3) is 11.3 Å². The van der Waals surface area contributed by atoms with Crippen molar-refractivity contribution in [3.05, 3.63) is 102 Å². The molecule has 0 spiro atoms. The number of nitrogens with two attached hydrogens (primary N) is 1. The first-order valence-corrected chi connectivity index (χ1v) is 14.7. The first-order valence-electron chi connectivity index (χ1n) is 14.7. The molecule has 0 saturated carbocycles. The lowest BCUT2D eigenvalue weighted by molar-refractivity contribution is 0.0218. The topological polar surface area (TPSA) is 87.5 Å². The molecule has 3 atom stereocenters. The molecule has 3 N–H and O–H groups in total. The summed E-state index contributed by atoms with van der Waals surface area (Å²) >= 11 is 0. The van der Waals surface area contributed by atoms with Gasteiger partial charge in [-0.2, -0.15) is 0 Å². The van der Waals surface area contributed by atoms with Crippen LogP contribution >= 0.6 is 0 Å². The van der Waals surface area contributed by atoms with Crippen molar-refractivity contribution in [2.24, 2.45) is 0 Å². The van der Waals surface area contributed by atoms with Crippen LogP contribution in [0.4, 0.5) is 20.6 Å². The van der Waals surface area contributed by atoms with Gasteiger partial charge in [0.05, 0.1) is 23.8 Å². The van der Waals surface area contributed by atoms with Crippen molar-refractivity contribution in [3.8, 4) is 11.3 Å². The van der Waals surface area contributed by atoms with E-state index in [-0.39, 0.29) is 30.0 Å². The summed E-state index contributed by atoms with van der Waals surface area (Å²) in [6.07, 6.45) is 5.32. The molecule has 2 fully saturated rings. The Labute approximate surface area is 246 Å². The lowest BCUT2D eigenvalue weighted by Gasteiger charge is -2.33. The monoisotopic (exact) mass is 567 g/mol. The standard InChI is InChI=1S/C34H38FN5O2/c1-34(2,3)42-33(41)39-20-4-5-31(39)32-37-21-28(38-32)22-6-8-23(9-7-22)29-18-19-30(24-10-14-26(36)15-11-24)40(29)27-16-12-25(35)13-17-27/h6-17,21,29-31H,4-5,18-20,36H2,1-3H3,(H,37,38). The van der Waals surface area contributed by atoms with Gasteiger partial charge in [-0.15, -0.1) is 0 Å². The zero-order chi connectivity index (χ0) is 29.4. The molecule has 8 heteroatoms. The number of likely N-dealkylation sites (tertiary alicyclic amines) is 1. The highest BCUT2D eigenvalue weighted by Gasteiger charge is 2.36. The highest BCUT2D eigenvalue weighted by Crippen LogP contribution is 2.47. The molecular weight excluding hydrogens is 529 g/mol. The Morgan fingerprint density at radius 3 is 2.14 bits per heavy atom. The second-order valence-corrected chi connectivity index (χ2v) is 12.3. The van der Waals surface area contributed by atoms with Crippen LogP contribution in [0.5, 0.6) is 0 Å². The van der Waals surface area contributed by atoms with E-state index in [1.807, 2.05) is 51.2 Å². The molecule has 3 unspecified atom stereocenters. The molecule has 4 aromatic rings. The molecule has 218 valence electrons. The summed E-state index contributed by atoms with van der Waals surface area (Å²) in [5.74, 6) is 0.537. The number of carbonyl (C=O) groups is 1. The zero-order valence-corrected chi connectivity index (χ0v) is 24.4. The van der Waals surface area contributed by atoms with Crippen molar-refractivity contribution in [2.75, 3.05) is 17.2 Å². The molecule has 0 bridgehead atoms. The van der Waals surface area contributed by atoms with Gasteiger partial charge in [0, 0.05) is 29.7 Å². The minimum absolute atomic E-state index is 0.124. The minimum atomic E-state index is -0.541. The van der Waals surface area contributed by atoms with Gasteiger partial charge in [-0.3, -0.25) is 4.90 Å². The van der Waals surface area contributed by atoms with Crippen LogP contribution in [0.1, 0.15) is 81.5 Å². The molecular formula is C34H38FN5O2. The summed E-state index contributed by atoms with van der Waals surface area (Å²) in [7, 11) is 0. The summed E-state index contributed by atoms with van der Waals surface area (Å²) in [6.45, 7) is 6.31. The van der Waals surface area contributed by atoms with E-state index in [0.29, 0.717) is 6.54 Å². The first-order chi connectivity index (χ1) is 20.2. The predicted molar refractivity (Wildman–Crippen MR) is 163 cm³/mol. The van der Waals surface area contributed by atoms with Crippen molar-refractivity contribution in [1.29, 1.82) is 0 Å². The summed E-state index contributed by atoms with van der Waals surface area (Å²) in [5.41, 5.74) is 11.4. The molecule has 3 heterocycles. The molecule has 1 amide bonds. The Kier molecular flexibility index (Phi) is 7.39. The van der Waals surface area contributed by atoms with Gasteiger partial charge in [0.2, 0.25) is 0 Å². The molecule has 0 aliphatic carbocycles. The second kappa shape index (κ2) is 11.2. The van der Waals surface area contributed by atoms with Gasteiger partial charge < -0.3 is 20.4 Å². The number of rotatable bonds is 5. The predicted octanol–water partition coefficient (Wildman–Crippen LogP) is 7.95. The van der Waals surface area contributed by atoms with Gasteiger partial charge in [0.15, 0.2) is 0 Å². The third-order valence-electron chi connectivity index (χ3n) is 8.22. The maximum absolute atomic E-state index is 13.8. The maximum atomic E-state index is 13.8. The normalized spacial score (nSPS) is 20.7. The summed E-state index contributed by atoms with van der Waals surface area (Å²) in [4.78, 5) is 25.2. The molecule has 0 radical (unpaired) electrons. The number of aromatic nitrogens is 2. The van der Waals surface area contributed by atoms with Crippen LogP contribution in [0.3, 0.4) is 0 Å². The van der Waals surface area contributed by atoms with Crippen molar-refractivity contribution in [3.63, 3.8) is 0 Å². The van der Waals surface area contributed by atoms with Gasteiger partial charge in [0.25, 0.3) is 0 Å². The molecule has 2 aliphatic heterocycles. The van der Waals surface area contributed by atoms with Crippen molar-refractivity contribution >= 4 is 17.5 Å². The van der Waals surface area contributed by atoms with Gasteiger partial charge >= 0.3 is 6.09 Å². The second-order valence-electron chi connectivity index (χ2n) is 12.3. The Morgan fingerprint density at radius 2 is 1.52 bits per heavy atom. The van der Waals surface area contributed by atoms with Crippen LogP contribution in [-0.2, 0) is 4.74 Å². The Balaban J connectivity index is 1.23. The van der Waals surface area contributed by atoms with E-state index in [1.165, 1.54) is 23.3 Å². The number of aromatic amines is 1. The van der Waals surface area contributed by atoms with Crippen LogP contribution in [-0.4, -0.2) is 33.1 Å². The molecule has 7 nitrogen and oxygen atoms in total. The van der Waals surface area contributed by atoms with Gasteiger partial charge in [0.1, 0.15) is 17.2 Å².